The van der Waals surface area contributed by atoms with Crippen molar-refractivity contribution in [3.05, 3.63) is 28.2 Å². The Labute approximate surface area is 91.3 Å². The number of isocyanates is 1. The Hall–Kier alpha value is -1.02. The summed E-state index contributed by atoms with van der Waals surface area (Å²) in [7, 11) is 0. The second-order valence-electron chi connectivity index (χ2n) is 2.40. The topological polar surface area (TPSA) is 38.7 Å². The maximum Gasteiger partial charge on any atom is 0.235 e. The maximum absolute atomic E-state index is 9.74. The minimum Gasteiger partial charge on any atom is -0.490 e. The molecule has 1 rings (SSSR count). The van der Waals surface area contributed by atoms with Gasteiger partial charge in [0.15, 0.2) is 0 Å². The second kappa shape index (κ2) is 5.66. The molecule has 0 aromatic heterocycles. The lowest BCUT2D eigenvalue weighted by Gasteiger charge is -2.05. The van der Waals surface area contributed by atoms with Crippen molar-refractivity contribution in [2.75, 3.05) is 13.2 Å². The highest BCUT2D eigenvalue weighted by atomic mass is 35.5. The number of hydrogen-bond acceptors (Lipinski definition) is 3. The number of nitrogens with zero attached hydrogens (tertiary/aromatic N) is 1. The Bertz CT molecular complexity index is 362. The van der Waals surface area contributed by atoms with Gasteiger partial charge in [0.25, 0.3) is 0 Å². The van der Waals surface area contributed by atoms with Crippen molar-refractivity contribution in [3.8, 4) is 5.75 Å². The van der Waals surface area contributed by atoms with Crippen molar-refractivity contribution >= 4 is 29.3 Å². The third-order valence-corrected chi connectivity index (χ3v) is 1.95. The maximum atomic E-state index is 9.74. The van der Waals surface area contributed by atoms with Gasteiger partial charge in [-0.15, -0.1) is 0 Å². The van der Waals surface area contributed by atoms with Gasteiger partial charge in [0.05, 0.1) is 11.6 Å². The van der Waals surface area contributed by atoms with Crippen molar-refractivity contribution in [3.63, 3.8) is 0 Å². The Morgan fingerprint density at radius 2 is 2.21 bits per heavy atom. The summed E-state index contributed by atoms with van der Waals surface area (Å²) in [5, 5.41) is 0.987. The van der Waals surface area contributed by atoms with Gasteiger partial charge in [-0.2, -0.15) is 0 Å². The molecule has 5 heteroatoms. The fraction of sp³-hybridized carbons (Fsp3) is 0.222. The smallest absolute Gasteiger partial charge is 0.235 e. The molecule has 0 N–H and O–H groups in total. The summed E-state index contributed by atoms with van der Waals surface area (Å²) in [6, 6.07) is 4.92. The standard InChI is InChI=1S/C9H7Cl2NO2/c10-7-1-2-9(8(11)5-7)14-4-3-12-6-13/h1-2,5H,3-4H2. The summed E-state index contributed by atoms with van der Waals surface area (Å²) in [6.07, 6.45) is 1.42. The number of carbonyl (C=O) groups excluding carboxylic acids is 1. The van der Waals surface area contributed by atoms with E-state index in [9.17, 15) is 4.79 Å². The van der Waals surface area contributed by atoms with Crippen LogP contribution in [0.1, 0.15) is 0 Å². The lowest BCUT2D eigenvalue weighted by molar-refractivity contribution is 0.328. The van der Waals surface area contributed by atoms with Crippen LogP contribution < -0.4 is 4.74 Å². The van der Waals surface area contributed by atoms with Crippen molar-refractivity contribution in [2.45, 2.75) is 0 Å². The van der Waals surface area contributed by atoms with Gasteiger partial charge in [-0.1, -0.05) is 23.2 Å². The molecule has 0 aliphatic heterocycles. The zero-order valence-electron chi connectivity index (χ0n) is 7.17. The van der Waals surface area contributed by atoms with E-state index in [-0.39, 0.29) is 13.2 Å². The van der Waals surface area contributed by atoms with Gasteiger partial charge in [-0.25, -0.2) is 9.79 Å². The van der Waals surface area contributed by atoms with E-state index in [4.69, 9.17) is 27.9 Å². The van der Waals surface area contributed by atoms with Crippen LogP contribution in [0.5, 0.6) is 5.75 Å². The quantitative estimate of drug-likeness (QED) is 0.454. The first-order valence-corrected chi connectivity index (χ1v) is 4.61. The molecule has 3 nitrogen and oxygen atoms in total. The van der Waals surface area contributed by atoms with Crippen LogP contribution in [0.3, 0.4) is 0 Å². The van der Waals surface area contributed by atoms with Crippen molar-refractivity contribution < 1.29 is 9.53 Å². The van der Waals surface area contributed by atoms with Gasteiger partial charge < -0.3 is 4.74 Å². The Morgan fingerprint density at radius 1 is 1.43 bits per heavy atom. The molecule has 0 amide bonds. The van der Waals surface area contributed by atoms with Gasteiger partial charge >= 0.3 is 0 Å². The zero-order valence-corrected chi connectivity index (χ0v) is 8.68. The van der Waals surface area contributed by atoms with Crippen LogP contribution in [-0.2, 0) is 4.79 Å². The number of aliphatic imine (C=N–C) groups is 1. The van der Waals surface area contributed by atoms with E-state index in [1.54, 1.807) is 18.2 Å². The lowest BCUT2D eigenvalue weighted by Crippen LogP contribution is -2.00. The number of rotatable bonds is 4. The fourth-order valence-corrected chi connectivity index (χ4v) is 1.30. The van der Waals surface area contributed by atoms with Gasteiger partial charge in [0, 0.05) is 5.02 Å². The molecular weight excluding hydrogens is 225 g/mol. The largest absolute Gasteiger partial charge is 0.490 e. The van der Waals surface area contributed by atoms with Gasteiger partial charge in [-0.05, 0) is 18.2 Å². The fourth-order valence-electron chi connectivity index (χ4n) is 0.839. The van der Waals surface area contributed by atoms with Gasteiger partial charge in [0.1, 0.15) is 12.4 Å². The minimum absolute atomic E-state index is 0.266. The molecule has 14 heavy (non-hydrogen) atoms. The molecule has 0 aliphatic carbocycles. The summed E-state index contributed by atoms with van der Waals surface area (Å²) < 4.78 is 5.23. The first-order chi connectivity index (χ1) is 6.74. The predicted octanol–water partition coefficient (Wildman–Crippen LogP) is 2.71. The average Bonchev–Trinajstić information content (AvgIpc) is 2.15. The molecule has 0 fully saturated rings. The normalized spacial score (nSPS) is 9.29. The highest BCUT2D eigenvalue weighted by Gasteiger charge is 2.01. The van der Waals surface area contributed by atoms with Crippen LogP contribution in [0.15, 0.2) is 23.2 Å². The van der Waals surface area contributed by atoms with E-state index in [0.29, 0.717) is 15.8 Å². The van der Waals surface area contributed by atoms with Crippen LogP contribution in [0.2, 0.25) is 10.0 Å². The Balaban J connectivity index is 2.54. The molecule has 0 unspecified atom stereocenters. The van der Waals surface area contributed by atoms with E-state index in [0.717, 1.165) is 0 Å². The predicted molar refractivity (Wildman–Crippen MR) is 54.9 cm³/mol. The molecule has 0 saturated carbocycles. The minimum atomic E-state index is 0.266. The highest BCUT2D eigenvalue weighted by molar-refractivity contribution is 6.35. The summed E-state index contributed by atoms with van der Waals surface area (Å²) >= 11 is 11.5. The first kappa shape index (κ1) is 11.1. The number of hydrogen-bond donors (Lipinski definition) is 0. The van der Waals surface area contributed by atoms with Gasteiger partial charge in [0.2, 0.25) is 6.08 Å². The molecule has 74 valence electrons. The molecule has 0 spiro atoms. The highest BCUT2D eigenvalue weighted by Crippen LogP contribution is 2.27. The SMILES string of the molecule is O=C=NCCOc1ccc(Cl)cc1Cl. The lowest BCUT2D eigenvalue weighted by atomic mass is 10.3. The molecule has 0 heterocycles. The number of benzene rings is 1. The van der Waals surface area contributed by atoms with E-state index in [1.807, 2.05) is 0 Å². The molecular formula is C9H7Cl2NO2. The van der Waals surface area contributed by atoms with Crippen molar-refractivity contribution in [1.29, 1.82) is 0 Å². The molecule has 1 aromatic rings. The number of halogens is 2. The molecule has 1 aromatic carbocycles. The third kappa shape index (κ3) is 3.38. The molecule has 0 aliphatic rings. The Morgan fingerprint density at radius 3 is 2.86 bits per heavy atom. The van der Waals surface area contributed by atoms with Gasteiger partial charge in [-0.3, -0.25) is 0 Å². The van der Waals surface area contributed by atoms with Crippen LogP contribution in [0.4, 0.5) is 0 Å². The third-order valence-electron chi connectivity index (χ3n) is 1.42. The van der Waals surface area contributed by atoms with E-state index in [2.05, 4.69) is 4.99 Å². The van der Waals surface area contributed by atoms with Crippen LogP contribution in [0.25, 0.3) is 0 Å². The van der Waals surface area contributed by atoms with E-state index < -0.39 is 0 Å². The first-order valence-electron chi connectivity index (χ1n) is 3.85. The monoisotopic (exact) mass is 231 g/mol. The summed E-state index contributed by atoms with van der Waals surface area (Å²) in [6.45, 7) is 0.555. The van der Waals surface area contributed by atoms with Crippen molar-refractivity contribution in [2.24, 2.45) is 4.99 Å². The Kier molecular flexibility index (Phi) is 4.47. The average molecular weight is 232 g/mol. The molecule has 0 atom stereocenters. The second-order valence-corrected chi connectivity index (χ2v) is 3.24. The molecule has 0 saturated heterocycles. The molecule has 0 radical (unpaired) electrons. The van der Waals surface area contributed by atoms with E-state index in [1.165, 1.54) is 6.08 Å². The summed E-state index contributed by atoms with van der Waals surface area (Å²) in [5.41, 5.74) is 0. The number of ether oxygens (including phenoxy) is 1. The van der Waals surface area contributed by atoms with E-state index >= 15 is 0 Å². The summed E-state index contributed by atoms with van der Waals surface area (Å²) in [5.74, 6) is 0.525. The zero-order chi connectivity index (χ0) is 10.4. The van der Waals surface area contributed by atoms with Crippen LogP contribution >= 0.6 is 23.2 Å². The van der Waals surface area contributed by atoms with Crippen LogP contribution in [0, 0.1) is 0 Å². The molecule has 0 bridgehead atoms. The van der Waals surface area contributed by atoms with Crippen LogP contribution in [-0.4, -0.2) is 19.2 Å². The summed E-state index contributed by atoms with van der Waals surface area (Å²) in [4.78, 5) is 13.1. The van der Waals surface area contributed by atoms with Crippen molar-refractivity contribution in [1.82, 2.24) is 0 Å².